The first-order valence-electron chi connectivity index (χ1n) is 5.27. The van der Waals surface area contributed by atoms with Gasteiger partial charge in [-0.25, -0.2) is 0 Å². The summed E-state index contributed by atoms with van der Waals surface area (Å²) < 4.78 is 0. The topological polar surface area (TPSA) is 20.3 Å². The number of rotatable bonds is 2. The Balaban J connectivity index is 2.28. The Hall–Kier alpha value is -1.80. The van der Waals surface area contributed by atoms with Crippen molar-refractivity contribution in [1.82, 2.24) is 0 Å². The van der Waals surface area contributed by atoms with Crippen LogP contribution in [0.3, 0.4) is 0 Å². The molecule has 0 heterocycles. The summed E-state index contributed by atoms with van der Waals surface area (Å²) in [6.45, 7) is 0. The normalized spacial score (nSPS) is 10.0. The van der Waals surface area contributed by atoms with Crippen LogP contribution in [0.5, 0.6) is 0 Å². The first kappa shape index (κ1) is 11.7. The maximum Gasteiger partial charge on any atom is 0.320 e. The number of hydrogen-bond donors (Lipinski definition) is 0. The Bertz CT molecular complexity index is 508. The predicted molar refractivity (Wildman–Crippen MR) is 71.5 cm³/mol. The minimum Gasteiger partial charge on any atom is -0.302 e. The SMILES string of the molecule is CN(C(=O)Cl)c1ccc(-c2ccccc2)cc1. The second-order valence-electron chi connectivity index (χ2n) is 3.72. The fourth-order valence-electron chi connectivity index (χ4n) is 1.61. The van der Waals surface area contributed by atoms with E-state index in [1.165, 1.54) is 4.90 Å². The average Bonchev–Trinajstić information content (AvgIpc) is 2.39. The van der Waals surface area contributed by atoms with Crippen molar-refractivity contribution in [3.8, 4) is 11.1 Å². The van der Waals surface area contributed by atoms with Crippen molar-refractivity contribution in [3.05, 3.63) is 54.6 Å². The van der Waals surface area contributed by atoms with E-state index >= 15 is 0 Å². The average molecular weight is 246 g/mol. The molecule has 0 N–H and O–H groups in total. The molecular weight excluding hydrogens is 234 g/mol. The number of hydrogen-bond acceptors (Lipinski definition) is 1. The summed E-state index contributed by atoms with van der Waals surface area (Å²) in [5, 5.41) is -0.488. The van der Waals surface area contributed by atoms with E-state index < -0.39 is 5.37 Å². The summed E-state index contributed by atoms with van der Waals surface area (Å²) in [6.07, 6.45) is 0. The van der Waals surface area contributed by atoms with Crippen molar-refractivity contribution in [2.75, 3.05) is 11.9 Å². The molecule has 3 heteroatoms. The van der Waals surface area contributed by atoms with Gasteiger partial charge in [0.2, 0.25) is 0 Å². The van der Waals surface area contributed by atoms with Crippen molar-refractivity contribution in [2.24, 2.45) is 0 Å². The Morgan fingerprint density at radius 3 is 2.00 bits per heavy atom. The molecule has 17 heavy (non-hydrogen) atoms. The summed E-state index contributed by atoms with van der Waals surface area (Å²) in [5.41, 5.74) is 3.05. The Morgan fingerprint density at radius 1 is 0.941 bits per heavy atom. The van der Waals surface area contributed by atoms with E-state index in [0.29, 0.717) is 0 Å². The summed E-state index contributed by atoms with van der Waals surface area (Å²) in [7, 11) is 1.65. The minimum atomic E-state index is -0.488. The molecule has 0 fully saturated rings. The number of halogens is 1. The van der Waals surface area contributed by atoms with Crippen LogP contribution in [0.4, 0.5) is 10.5 Å². The molecule has 0 saturated heterocycles. The van der Waals surface area contributed by atoms with Gasteiger partial charge in [0.15, 0.2) is 0 Å². The van der Waals surface area contributed by atoms with Gasteiger partial charge in [0.25, 0.3) is 0 Å². The molecule has 0 aliphatic rings. The highest BCUT2D eigenvalue weighted by Crippen LogP contribution is 2.22. The zero-order valence-corrected chi connectivity index (χ0v) is 10.2. The third kappa shape index (κ3) is 2.66. The van der Waals surface area contributed by atoms with Crippen molar-refractivity contribution >= 4 is 22.7 Å². The van der Waals surface area contributed by atoms with Crippen LogP contribution in [0, 0.1) is 0 Å². The van der Waals surface area contributed by atoms with Gasteiger partial charge in [-0.3, -0.25) is 4.79 Å². The lowest BCUT2D eigenvalue weighted by Gasteiger charge is -2.13. The minimum absolute atomic E-state index is 0.488. The fraction of sp³-hybridized carbons (Fsp3) is 0.0714. The number of nitrogens with zero attached hydrogens (tertiary/aromatic N) is 1. The summed E-state index contributed by atoms with van der Waals surface area (Å²) in [5.74, 6) is 0. The van der Waals surface area contributed by atoms with Gasteiger partial charge in [0, 0.05) is 12.7 Å². The van der Waals surface area contributed by atoms with E-state index in [2.05, 4.69) is 0 Å². The molecule has 0 unspecified atom stereocenters. The lowest BCUT2D eigenvalue weighted by atomic mass is 10.1. The van der Waals surface area contributed by atoms with Gasteiger partial charge in [-0.15, -0.1) is 0 Å². The van der Waals surface area contributed by atoms with E-state index in [0.717, 1.165) is 16.8 Å². The molecule has 0 bridgehead atoms. The Kier molecular flexibility index (Phi) is 3.45. The molecular formula is C14H12ClNO. The van der Waals surface area contributed by atoms with Gasteiger partial charge in [0.1, 0.15) is 0 Å². The number of carbonyl (C=O) groups is 1. The summed E-state index contributed by atoms with van der Waals surface area (Å²) in [6, 6.07) is 17.8. The van der Waals surface area contributed by atoms with E-state index in [-0.39, 0.29) is 0 Å². The molecule has 0 aromatic heterocycles. The molecule has 0 atom stereocenters. The number of benzene rings is 2. The number of amides is 1. The van der Waals surface area contributed by atoms with Gasteiger partial charge in [-0.2, -0.15) is 0 Å². The zero-order chi connectivity index (χ0) is 12.3. The smallest absolute Gasteiger partial charge is 0.302 e. The molecule has 0 aliphatic carbocycles. The monoisotopic (exact) mass is 245 g/mol. The van der Waals surface area contributed by atoms with Crippen LogP contribution in [0.2, 0.25) is 0 Å². The van der Waals surface area contributed by atoms with Crippen LogP contribution in [0.15, 0.2) is 54.6 Å². The molecule has 2 aromatic carbocycles. The van der Waals surface area contributed by atoms with E-state index in [1.54, 1.807) is 7.05 Å². The van der Waals surface area contributed by atoms with Crippen LogP contribution in [-0.2, 0) is 0 Å². The fourth-order valence-corrected chi connectivity index (χ4v) is 1.71. The van der Waals surface area contributed by atoms with Crippen LogP contribution in [0.1, 0.15) is 0 Å². The molecule has 2 rings (SSSR count). The summed E-state index contributed by atoms with van der Waals surface area (Å²) in [4.78, 5) is 12.4. The van der Waals surface area contributed by atoms with Gasteiger partial charge >= 0.3 is 5.37 Å². The van der Waals surface area contributed by atoms with Crippen LogP contribution in [0.25, 0.3) is 11.1 Å². The highest BCUT2D eigenvalue weighted by atomic mass is 35.5. The highest BCUT2D eigenvalue weighted by Gasteiger charge is 2.06. The quantitative estimate of drug-likeness (QED) is 0.575. The summed E-state index contributed by atoms with van der Waals surface area (Å²) >= 11 is 5.41. The third-order valence-electron chi connectivity index (χ3n) is 2.63. The van der Waals surface area contributed by atoms with Crippen molar-refractivity contribution < 1.29 is 4.79 Å². The first-order valence-corrected chi connectivity index (χ1v) is 5.65. The molecule has 2 nitrogen and oxygen atoms in total. The van der Waals surface area contributed by atoms with Gasteiger partial charge < -0.3 is 4.90 Å². The van der Waals surface area contributed by atoms with Crippen molar-refractivity contribution in [1.29, 1.82) is 0 Å². The van der Waals surface area contributed by atoms with E-state index in [1.807, 2.05) is 54.6 Å². The number of carbonyl (C=O) groups excluding carboxylic acids is 1. The first-order chi connectivity index (χ1) is 8.18. The molecule has 0 aliphatic heterocycles. The lowest BCUT2D eigenvalue weighted by molar-refractivity contribution is 0.265. The second kappa shape index (κ2) is 5.02. The largest absolute Gasteiger partial charge is 0.320 e. The van der Waals surface area contributed by atoms with Crippen molar-refractivity contribution in [3.63, 3.8) is 0 Å². The highest BCUT2D eigenvalue weighted by molar-refractivity contribution is 6.66. The van der Waals surface area contributed by atoms with Crippen LogP contribution < -0.4 is 4.90 Å². The van der Waals surface area contributed by atoms with Crippen LogP contribution >= 0.6 is 11.6 Å². The molecule has 0 radical (unpaired) electrons. The zero-order valence-electron chi connectivity index (χ0n) is 9.43. The predicted octanol–water partition coefficient (Wildman–Crippen LogP) is 4.15. The second-order valence-corrected chi connectivity index (χ2v) is 4.05. The van der Waals surface area contributed by atoms with Crippen molar-refractivity contribution in [2.45, 2.75) is 0 Å². The number of anilines is 1. The maximum atomic E-state index is 11.0. The molecule has 2 aromatic rings. The molecule has 86 valence electrons. The van der Waals surface area contributed by atoms with E-state index in [4.69, 9.17) is 11.6 Å². The Labute approximate surface area is 105 Å². The lowest BCUT2D eigenvalue weighted by Crippen LogP contribution is -2.19. The maximum absolute atomic E-state index is 11.0. The van der Waals surface area contributed by atoms with E-state index in [9.17, 15) is 4.79 Å². The third-order valence-corrected chi connectivity index (χ3v) is 2.88. The molecule has 1 amide bonds. The standard InChI is InChI=1S/C14H12ClNO/c1-16(14(15)17)13-9-7-12(8-10-13)11-5-3-2-4-6-11/h2-10H,1H3. The van der Waals surface area contributed by atoms with Gasteiger partial charge in [-0.05, 0) is 34.9 Å². The van der Waals surface area contributed by atoms with Gasteiger partial charge in [0.05, 0.1) is 0 Å². The van der Waals surface area contributed by atoms with Crippen LogP contribution in [-0.4, -0.2) is 12.4 Å². The van der Waals surface area contributed by atoms with Gasteiger partial charge in [-0.1, -0.05) is 42.5 Å². The Morgan fingerprint density at radius 2 is 1.47 bits per heavy atom. The molecule has 0 saturated carbocycles. The molecule has 0 spiro atoms.